The zero-order valence-electron chi connectivity index (χ0n) is 44.1. The summed E-state index contributed by atoms with van der Waals surface area (Å²) < 4.78 is 72.2. The summed E-state index contributed by atoms with van der Waals surface area (Å²) in [5.41, 5.74) is 2.72. The van der Waals surface area contributed by atoms with E-state index in [0.717, 1.165) is 29.5 Å². The minimum absolute atomic E-state index is 0. The van der Waals surface area contributed by atoms with Crippen LogP contribution in [0.15, 0.2) is 0 Å². The van der Waals surface area contributed by atoms with Crippen molar-refractivity contribution in [3.05, 3.63) is 0 Å². The van der Waals surface area contributed by atoms with Crippen molar-refractivity contribution in [2.24, 2.45) is 0 Å². The molecule has 0 aromatic carbocycles. The highest BCUT2D eigenvalue weighted by Gasteiger charge is 2.58. The van der Waals surface area contributed by atoms with Crippen molar-refractivity contribution in [3.8, 4) is 0 Å². The van der Waals surface area contributed by atoms with Crippen LogP contribution in [0.1, 0.15) is 14.9 Å². The van der Waals surface area contributed by atoms with Gasteiger partial charge in [0, 0.05) is 55.6 Å². The number of rotatable bonds is 13. The molecule has 0 N–H and O–H groups in total. The third kappa shape index (κ3) is 33.1. The molecule has 11 nitrogen and oxygen atoms in total. The van der Waals surface area contributed by atoms with Crippen LogP contribution in [-0.2, 0) is 46.2 Å². The van der Waals surface area contributed by atoms with Crippen LogP contribution in [0, 0.1) is 0 Å². The lowest BCUT2D eigenvalue weighted by atomic mass is 11.7. The Morgan fingerprint density at radius 2 is 0.590 bits per heavy atom. The first-order valence-corrected chi connectivity index (χ1v) is 65.3. The molecule has 2 heterocycles. The zero-order valence-corrected chi connectivity index (χ0v) is 60.2. The lowest BCUT2D eigenvalue weighted by molar-refractivity contribution is 0.231. The van der Waals surface area contributed by atoms with Crippen LogP contribution in [0.2, 0.25) is 194 Å². The van der Waals surface area contributed by atoms with Crippen LogP contribution in [0.25, 0.3) is 0 Å². The maximum Gasteiger partial charge on any atom is 0.316 e. The summed E-state index contributed by atoms with van der Waals surface area (Å²) in [6.07, 6.45) is 1.87. The molecule has 0 aliphatic carbocycles. The first kappa shape index (κ1) is 70.4. The van der Waals surface area contributed by atoms with E-state index in [1.165, 1.54) is 0 Å². The van der Waals surface area contributed by atoms with Crippen LogP contribution in [0.5, 0.6) is 0 Å². The van der Waals surface area contributed by atoms with Gasteiger partial charge in [-0.25, -0.2) is 0 Å². The number of hydrogen-bond donors (Lipinski definition) is 0. The van der Waals surface area contributed by atoms with Crippen molar-refractivity contribution in [1.82, 2.24) is 0 Å². The molecule has 2 unspecified atom stereocenters. The Labute approximate surface area is 401 Å². The molecule has 0 amide bonds. The number of hydrogen-bond acceptors (Lipinski definition) is 11. The van der Waals surface area contributed by atoms with Crippen LogP contribution in [0.4, 0.5) is 0 Å². The molecule has 2 saturated heterocycles. The monoisotopic (exact) mass is 1120 g/mol. The largest absolute Gasteiger partial charge is 0.421 e. The van der Waals surface area contributed by atoms with Crippen LogP contribution < -0.4 is 0 Å². The fourth-order valence-electron chi connectivity index (χ4n) is 7.97. The highest BCUT2D eigenvalue weighted by atomic mass is 28.5. The van der Waals surface area contributed by atoms with E-state index >= 15 is 0 Å². The Morgan fingerprint density at radius 1 is 0.393 bits per heavy atom. The van der Waals surface area contributed by atoms with Crippen molar-refractivity contribution >= 4 is 130 Å². The standard InChI is InChI=1S/C16H46O6Si7.C13H38O5Si6.2C2H8Si.2CH4/c1-17-24(4,5)15-28(12)20-26(8,9)19-27(10,11)21-29(13,22-28)16-25(6,7)18-14-23(2)3;1-19(2)12-14-20(3,4)13-24(11)17-22(7,8)15-21(5,6)16-23(9,10)18-24;2*1-3-2;;/h23H,14-16H2,1-13H3;19H,12-13H2,1-11H3;2*3H2,1-2H3;2*1H4. The van der Waals surface area contributed by atoms with Crippen molar-refractivity contribution in [3.63, 3.8) is 0 Å². The molecule has 374 valence electrons. The summed E-state index contributed by atoms with van der Waals surface area (Å²) in [6.45, 7) is 59.8. The van der Waals surface area contributed by atoms with Crippen molar-refractivity contribution < 1.29 is 46.2 Å². The highest BCUT2D eigenvalue weighted by molar-refractivity contribution is 7.01. The third-order valence-electron chi connectivity index (χ3n) is 8.16. The van der Waals surface area contributed by atoms with Gasteiger partial charge in [-0.1, -0.05) is 67.2 Å². The van der Waals surface area contributed by atoms with Gasteiger partial charge in [-0.15, -0.1) is 0 Å². The third-order valence-corrected chi connectivity index (χ3v) is 61.4. The Kier molecular flexibility index (Phi) is 32.1. The van der Waals surface area contributed by atoms with E-state index in [9.17, 15) is 0 Å². The normalized spacial score (nSPS) is 25.5. The highest BCUT2D eigenvalue weighted by Crippen LogP contribution is 2.38. The molecule has 0 bridgehead atoms. The Hall–Kier alpha value is 2.81. The SMILES string of the molecule is C.C.CO[Si](C)(C)C[Si]1(C)O[Si](C)(C)O[Si](C)(C)O[Si](C)(C[Si](C)(C)OC[SiH](C)C)O1.C[SiH2]C.C[SiH2]C.C[SiH](C)CO[Si](C)(C)C[Si]1(C)O[Si](C)(C)O[Si](C)(C)O[Si](C)(C)O1. The van der Waals surface area contributed by atoms with E-state index in [0.29, 0.717) is 19.0 Å². The summed E-state index contributed by atoms with van der Waals surface area (Å²) >= 11 is 0. The molecule has 2 rings (SSSR count). The van der Waals surface area contributed by atoms with Crippen LogP contribution >= 0.6 is 0 Å². The second kappa shape index (κ2) is 27.9. The first-order chi connectivity index (χ1) is 26.0. The van der Waals surface area contributed by atoms with Gasteiger partial charge in [0.2, 0.25) is 0 Å². The van der Waals surface area contributed by atoms with Gasteiger partial charge in [-0.2, -0.15) is 0 Å². The second-order valence-electron chi connectivity index (χ2n) is 22.1. The molecule has 2 fully saturated rings. The molecule has 0 radical (unpaired) electrons. The molecule has 0 aromatic rings. The minimum Gasteiger partial charge on any atom is -0.421 e. The van der Waals surface area contributed by atoms with Gasteiger partial charge in [-0.3, -0.25) is 0 Å². The van der Waals surface area contributed by atoms with Crippen molar-refractivity contribution in [1.29, 1.82) is 0 Å². The van der Waals surface area contributed by atoms with E-state index < -0.39 is 111 Å². The van der Waals surface area contributed by atoms with E-state index in [2.05, 4.69) is 177 Å². The predicted molar refractivity (Wildman–Crippen MR) is 308 cm³/mol. The predicted octanol–water partition coefficient (Wildman–Crippen LogP) is 10.6. The first-order valence-electron chi connectivity index (χ1n) is 22.4. The van der Waals surface area contributed by atoms with Gasteiger partial charge >= 0.3 is 68.5 Å². The maximum atomic E-state index is 7.06. The van der Waals surface area contributed by atoms with Gasteiger partial charge in [0.15, 0.2) is 25.0 Å². The summed E-state index contributed by atoms with van der Waals surface area (Å²) in [5.74, 6) is 0. The quantitative estimate of drug-likeness (QED) is 0.165. The van der Waals surface area contributed by atoms with Gasteiger partial charge in [-0.05, 0) is 124 Å². The van der Waals surface area contributed by atoms with Crippen molar-refractivity contribution in [2.45, 2.75) is 209 Å². The molecule has 61 heavy (non-hydrogen) atoms. The minimum atomic E-state index is -2.56. The Morgan fingerprint density at radius 3 is 0.803 bits per heavy atom. The van der Waals surface area contributed by atoms with Crippen LogP contribution in [-0.4, -0.2) is 150 Å². The molecular formula is C35H108O11Si15. The molecular weight excluding hydrogens is 1020 g/mol. The Bertz CT molecular complexity index is 1190. The molecule has 2 atom stereocenters. The Balaban J connectivity index is -0.000000463. The average molecular weight is 1130 g/mol. The van der Waals surface area contributed by atoms with E-state index in [4.69, 9.17) is 46.2 Å². The summed E-state index contributed by atoms with van der Waals surface area (Å²) in [4.78, 5) is 0. The molecule has 0 aromatic heterocycles. The average Bonchev–Trinajstić information content (AvgIpc) is 2.90. The fourth-order valence-corrected chi connectivity index (χ4v) is 78.7. The lowest BCUT2D eigenvalue weighted by Crippen LogP contribution is -2.68. The topological polar surface area (TPSA) is 102 Å². The molecule has 26 heteroatoms. The molecule has 0 saturated carbocycles. The lowest BCUT2D eigenvalue weighted by Gasteiger charge is -2.50. The molecule has 0 spiro atoms. The summed E-state index contributed by atoms with van der Waals surface area (Å²) in [5, 5.41) is 0. The van der Waals surface area contributed by atoms with Crippen molar-refractivity contribution in [2.75, 3.05) is 19.6 Å². The summed E-state index contributed by atoms with van der Waals surface area (Å²) in [7, 11) is -23.5. The smallest absolute Gasteiger partial charge is 0.316 e. The van der Waals surface area contributed by atoms with Gasteiger partial charge in [0.25, 0.3) is 0 Å². The van der Waals surface area contributed by atoms with Gasteiger partial charge in [0.1, 0.15) is 0 Å². The van der Waals surface area contributed by atoms with Crippen LogP contribution in [0.3, 0.4) is 0 Å². The molecule has 2 aliphatic rings. The summed E-state index contributed by atoms with van der Waals surface area (Å²) in [6, 6.07) is 0. The van der Waals surface area contributed by atoms with E-state index in [1.807, 2.05) is 7.11 Å². The second-order valence-corrected chi connectivity index (χ2v) is 74.2. The fraction of sp³-hybridized carbons (Fsp3) is 1.00. The van der Waals surface area contributed by atoms with E-state index in [1.54, 1.807) is 0 Å². The zero-order chi connectivity index (χ0) is 47.4. The van der Waals surface area contributed by atoms with Gasteiger partial charge in [0.05, 0.1) is 17.6 Å². The van der Waals surface area contributed by atoms with Gasteiger partial charge < -0.3 is 46.2 Å². The maximum absolute atomic E-state index is 7.06. The van der Waals surface area contributed by atoms with E-state index in [-0.39, 0.29) is 14.9 Å². The molecule has 2 aliphatic heterocycles.